The van der Waals surface area contributed by atoms with Gasteiger partial charge in [-0.25, -0.2) is 0 Å². The highest BCUT2D eigenvalue weighted by atomic mass is 16.5. The normalized spacial score (nSPS) is 21.2. The number of piperidine rings is 1. The Kier molecular flexibility index (Phi) is 7.37. The van der Waals surface area contributed by atoms with E-state index in [2.05, 4.69) is 10.6 Å². The average Bonchev–Trinajstić information content (AvgIpc) is 2.98. The number of carbonyl (C=O) groups is 1. The van der Waals surface area contributed by atoms with Gasteiger partial charge in [0.25, 0.3) is 0 Å². The van der Waals surface area contributed by atoms with E-state index in [0.29, 0.717) is 19.1 Å². The first-order valence-corrected chi connectivity index (χ1v) is 8.43. The Morgan fingerprint density at radius 2 is 1.90 bits per heavy atom. The van der Waals surface area contributed by atoms with Gasteiger partial charge in [0.2, 0.25) is 5.91 Å². The van der Waals surface area contributed by atoms with Crippen molar-refractivity contribution < 1.29 is 9.53 Å². The van der Waals surface area contributed by atoms with Crippen molar-refractivity contribution in [1.82, 2.24) is 10.6 Å². The fraction of sp³-hybridized carbons (Fsp3) is 0.938. The van der Waals surface area contributed by atoms with Gasteiger partial charge >= 0.3 is 0 Å². The topological polar surface area (TPSA) is 50.4 Å². The van der Waals surface area contributed by atoms with Gasteiger partial charge < -0.3 is 15.4 Å². The summed E-state index contributed by atoms with van der Waals surface area (Å²) >= 11 is 0. The Labute approximate surface area is 123 Å². The SMILES string of the molecule is O=C(CCOC1CCNCC1)NCCCC1CCCC1. The fourth-order valence-corrected chi connectivity index (χ4v) is 3.29. The lowest BCUT2D eigenvalue weighted by Crippen LogP contribution is -2.33. The predicted molar refractivity (Wildman–Crippen MR) is 80.7 cm³/mol. The lowest BCUT2D eigenvalue weighted by molar-refractivity contribution is -0.122. The molecule has 0 aromatic carbocycles. The van der Waals surface area contributed by atoms with Gasteiger partial charge in [-0.05, 0) is 44.7 Å². The molecule has 0 spiro atoms. The van der Waals surface area contributed by atoms with Crippen LogP contribution in [0.3, 0.4) is 0 Å². The lowest BCUT2D eigenvalue weighted by Gasteiger charge is -2.22. The molecule has 4 nitrogen and oxygen atoms in total. The first kappa shape index (κ1) is 15.8. The van der Waals surface area contributed by atoms with Gasteiger partial charge in [-0.3, -0.25) is 4.79 Å². The number of hydrogen-bond acceptors (Lipinski definition) is 3. The van der Waals surface area contributed by atoms with E-state index in [1.54, 1.807) is 0 Å². The second-order valence-corrected chi connectivity index (χ2v) is 6.21. The Hall–Kier alpha value is -0.610. The van der Waals surface area contributed by atoms with Crippen molar-refractivity contribution in [2.45, 2.75) is 63.9 Å². The number of rotatable bonds is 8. The minimum Gasteiger partial charge on any atom is -0.378 e. The summed E-state index contributed by atoms with van der Waals surface area (Å²) in [6, 6.07) is 0. The Bertz CT molecular complexity index is 272. The van der Waals surface area contributed by atoms with E-state index in [1.807, 2.05) is 0 Å². The molecular formula is C16H30N2O2. The summed E-state index contributed by atoms with van der Waals surface area (Å²) in [5.74, 6) is 1.07. The standard InChI is InChI=1S/C16H30N2O2/c19-16(9-13-20-15-7-11-17-12-8-15)18-10-3-6-14-4-1-2-5-14/h14-15,17H,1-13H2,(H,18,19). The summed E-state index contributed by atoms with van der Waals surface area (Å²) in [6.07, 6.45) is 11.0. The number of nitrogens with one attached hydrogen (secondary N) is 2. The van der Waals surface area contributed by atoms with Crippen LogP contribution in [-0.2, 0) is 9.53 Å². The second-order valence-electron chi connectivity index (χ2n) is 6.21. The molecule has 1 amide bonds. The Morgan fingerprint density at radius 1 is 1.15 bits per heavy atom. The molecule has 2 N–H and O–H groups in total. The third-order valence-electron chi connectivity index (χ3n) is 4.55. The number of ether oxygens (including phenoxy) is 1. The van der Waals surface area contributed by atoms with Gasteiger partial charge in [0.1, 0.15) is 0 Å². The van der Waals surface area contributed by atoms with Crippen LogP contribution in [0.15, 0.2) is 0 Å². The molecule has 1 aliphatic carbocycles. The molecule has 20 heavy (non-hydrogen) atoms. The Balaban J connectivity index is 1.41. The van der Waals surface area contributed by atoms with E-state index in [-0.39, 0.29) is 5.91 Å². The van der Waals surface area contributed by atoms with Crippen molar-refractivity contribution in [2.75, 3.05) is 26.2 Å². The second kappa shape index (κ2) is 9.35. The van der Waals surface area contributed by atoms with Crippen LogP contribution >= 0.6 is 0 Å². The Morgan fingerprint density at radius 3 is 2.65 bits per heavy atom. The van der Waals surface area contributed by atoms with Crippen molar-refractivity contribution in [3.05, 3.63) is 0 Å². The van der Waals surface area contributed by atoms with E-state index >= 15 is 0 Å². The van der Waals surface area contributed by atoms with Crippen LogP contribution in [0.1, 0.15) is 57.8 Å². The zero-order valence-electron chi connectivity index (χ0n) is 12.7. The summed E-state index contributed by atoms with van der Waals surface area (Å²) in [5, 5.41) is 6.33. The predicted octanol–water partition coefficient (Wildman–Crippen LogP) is 2.23. The quantitative estimate of drug-likeness (QED) is 0.671. The average molecular weight is 282 g/mol. The molecule has 2 rings (SSSR count). The van der Waals surface area contributed by atoms with Crippen molar-refractivity contribution in [2.24, 2.45) is 5.92 Å². The molecule has 0 aromatic heterocycles. The molecule has 0 bridgehead atoms. The molecule has 2 aliphatic rings. The maximum absolute atomic E-state index is 11.7. The molecule has 1 saturated carbocycles. The van der Waals surface area contributed by atoms with Gasteiger partial charge in [-0.1, -0.05) is 25.7 Å². The smallest absolute Gasteiger partial charge is 0.222 e. The van der Waals surface area contributed by atoms with Crippen molar-refractivity contribution in [1.29, 1.82) is 0 Å². The summed E-state index contributed by atoms with van der Waals surface area (Å²) in [6.45, 7) is 3.48. The summed E-state index contributed by atoms with van der Waals surface area (Å²) in [4.78, 5) is 11.7. The molecule has 1 aliphatic heterocycles. The molecular weight excluding hydrogens is 252 g/mol. The van der Waals surface area contributed by atoms with Gasteiger partial charge in [0.15, 0.2) is 0 Å². The van der Waals surface area contributed by atoms with E-state index in [0.717, 1.165) is 44.8 Å². The van der Waals surface area contributed by atoms with E-state index < -0.39 is 0 Å². The van der Waals surface area contributed by atoms with Crippen molar-refractivity contribution >= 4 is 5.91 Å². The van der Waals surface area contributed by atoms with Crippen LogP contribution in [0.25, 0.3) is 0 Å². The van der Waals surface area contributed by atoms with E-state index in [4.69, 9.17) is 4.74 Å². The highest BCUT2D eigenvalue weighted by Gasteiger charge is 2.15. The third kappa shape index (κ3) is 6.23. The van der Waals surface area contributed by atoms with Gasteiger partial charge in [0, 0.05) is 13.0 Å². The molecule has 0 atom stereocenters. The maximum atomic E-state index is 11.7. The van der Waals surface area contributed by atoms with Crippen LogP contribution < -0.4 is 10.6 Å². The van der Waals surface area contributed by atoms with Crippen LogP contribution in [0.5, 0.6) is 0 Å². The lowest BCUT2D eigenvalue weighted by atomic mass is 10.0. The highest BCUT2D eigenvalue weighted by Crippen LogP contribution is 2.28. The van der Waals surface area contributed by atoms with Gasteiger partial charge in [0.05, 0.1) is 12.7 Å². The maximum Gasteiger partial charge on any atom is 0.222 e. The summed E-state index contributed by atoms with van der Waals surface area (Å²) < 4.78 is 5.74. The first-order chi connectivity index (χ1) is 9.84. The largest absolute Gasteiger partial charge is 0.378 e. The molecule has 116 valence electrons. The fourth-order valence-electron chi connectivity index (χ4n) is 3.29. The summed E-state index contributed by atoms with van der Waals surface area (Å²) in [7, 11) is 0. The molecule has 0 unspecified atom stereocenters. The van der Waals surface area contributed by atoms with Crippen LogP contribution in [-0.4, -0.2) is 38.3 Å². The van der Waals surface area contributed by atoms with Crippen molar-refractivity contribution in [3.63, 3.8) is 0 Å². The molecule has 1 heterocycles. The molecule has 2 fully saturated rings. The zero-order valence-corrected chi connectivity index (χ0v) is 12.7. The minimum absolute atomic E-state index is 0.144. The van der Waals surface area contributed by atoms with Crippen LogP contribution in [0.2, 0.25) is 0 Å². The van der Waals surface area contributed by atoms with Gasteiger partial charge in [-0.2, -0.15) is 0 Å². The monoisotopic (exact) mass is 282 g/mol. The zero-order chi connectivity index (χ0) is 14.0. The number of carbonyl (C=O) groups excluding carboxylic acids is 1. The van der Waals surface area contributed by atoms with E-state index in [1.165, 1.54) is 32.1 Å². The van der Waals surface area contributed by atoms with Crippen LogP contribution in [0.4, 0.5) is 0 Å². The molecule has 1 saturated heterocycles. The summed E-state index contributed by atoms with van der Waals surface area (Å²) in [5.41, 5.74) is 0. The number of amides is 1. The van der Waals surface area contributed by atoms with Gasteiger partial charge in [-0.15, -0.1) is 0 Å². The number of hydrogen-bond donors (Lipinski definition) is 2. The first-order valence-electron chi connectivity index (χ1n) is 8.43. The molecule has 0 aromatic rings. The molecule has 0 radical (unpaired) electrons. The van der Waals surface area contributed by atoms with Crippen LogP contribution in [0, 0.1) is 5.92 Å². The minimum atomic E-state index is 0.144. The van der Waals surface area contributed by atoms with Crippen molar-refractivity contribution in [3.8, 4) is 0 Å². The van der Waals surface area contributed by atoms with E-state index in [9.17, 15) is 4.79 Å². The molecule has 4 heteroatoms. The third-order valence-corrected chi connectivity index (χ3v) is 4.55. The highest BCUT2D eigenvalue weighted by molar-refractivity contribution is 5.75.